The van der Waals surface area contributed by atoms with E-state index in [1.165, 1.54) is 0 Å². The zero-order valence-corrected chi connectivity index (χ0v) is 11.2. The fraction of sp³-hybridized carbons (Fsp3) is 0.0667. The minimum absolute atomic E-state index is 0.319. The van der Waals surface area contributed by atoms with Gasteiger partial charge in [-0.15, -0.1) is 0 Å². The molecule has 0 saturated carbocycles. The van der Waals surface area contributed by atoms with Crippen molar-refractivity contribution < 1.29 is 4.79 Å². The fourth-order valence-corrected chi connectivity index (χ4v) is 1.81. The Bertz CT molecular complexity index is 609. The summed E-state index contributed by atoms with van der Waals surface area (Å²) in [6, 6.07) is 16.5. The van der Waals surface area contributed by atoms with Gasteiger partial charge in [-0.05, 0) is 24.6 Å². The molecular weight excluding hydrogens is 260 g/mol. The van der Waals surface area contributed by atoms with Crippen LogP contribution in [0.3, 0.4) is 0 Å². The van der Waals surface area contributed by atoms with Crippen molar-refractivity contribution in [3.05, 3.63) is 70.7 Å². The van der Waals surface area contributed by atoms with Gasteiger partial charge in [-0.25, -0.2) is 5.43 Å². The Morgan fingerprint density at radius 1 is 1.05 bits per heavy atom. The van der Waals surface area contributed by atoms with Gasteiger partial charge >= 0.3 is 0 Å². The third-order valence-corrected chi connectivity index (χ3v) is 2.96. The molecule has 0 aliphatic carbocycles. The summed E-state index contributed by atoms with van der Waals surface area (Å²) in [7, 11) is 0. The number of hydrogen-bond acceptors (Lipinski definition) is 2. The van der Waals surface area contributed by atoms with Crippen LogP contribution in [-0.4, -0.2) is 11.6 Å². The lowest BCUT2D eigenvalue weighted by Crippen LogP contribution is -2.19. The van der Waals surface area contributed by atoms with E-state index in [2.05, 4.69) is 10.5 Å². The van der Waals surface area contributed by atoms with E-state index >= 15 is 0 Å². The molecular formula is C15H13ClN2O. The topological polar surface area (TPSA) is 41.5 Å². The Morgan fingerprint density at radius 3 is 2.37 bits per heavy atom. The predicted molar refractivity (Wildman–Crippen MR) is 77.6 cm³/mol. The minimum atomic E-state index is -0.319. The summed E-state index contributed by atoms with van der Waals surface area (Å²) < 4.78 is 0. The second-order valence-electron chi connectivity index (χ2n) is 3.98. The van der Waals surface area contributed by atoms with Crippen LogP contribution in [0.4, 0.5) is 0 Å². The van der Waals surface area contributed by atoms with Gasteiger partial charge in [0.15, 0.2) is 0 Å². The van der Waals surface area contributed by atoms with Crippen molar-refractivity contribution in [1.82, 2.24) is 5.43 Å². The maximum atomic E-state index is 11.9. The van der Waals surface area contributed by atoms with Crippen molar-refractivity contribution in [1.29, 1.82) is 0 Å². The normalized spacial score (nSPS) is 11.2. The van der Waals surface area contributed by atoms with Crippen molar-refractivity contribution in [3.63, 3.8) is 0 Å². The lowest BCUT2D eigenvalue weighted by Gasteiger charge is -2.04. The van der Waals surface area contributed by atoms with Crippen LogP contribution < -0.4 is 5.43 Å². The van der Waals surface area contributed by atoms with Crippen LogP contribution in [0.15, 0.2) is 59.7 Å². The lowest BCUT2D eigenvalue weighted by molar-refractivity contribution is 0.0955. The Morgan fingerprint density at radius 2 is 1.68 bits per heavy atom. The van der Waals surface area contributed by atoms with Gasteiger partial charge in [0, 0.05) is 0 Å². The first-order chi connectivity index (χ1) is 9.18. The number of nitrogens with zero attached hydrogens (tertiary/aromatic N) is 1. The molecule has 0 atom stereocenters. The van der Waals surface area contributed by atoms with Gasteiger partial charge in [0.2, 0.25) is 0 Å². The standard InChI is InChI=1S/C15H13ClN2O/c1-11(12-7-3-2-4-8-12)17-18-15(19)13-9-5-6-10-14(13)16/h2-10H,1H3,(H,18,19)/b17-11+. The number of carbonyl (C=O) groups excluding carboxylic acids is 1. The van der Waals surface area contributed by atoms with Gasteiger partial charge in [-0.3, -0.25) is 4.79 Å². The molecule has 0 heterocycles. The molecule has 2 aromatic rings. The fourth-order valence-electron chi connectivity index (χ4n) is 1.58. The molecule has 0 aromatic heterocycles. The molecule has 0 radical (unpaired) electrons. The van der Waals surface area contributed by atoms with Gasteiger partial charge in [-0.2, -0.15) is 5.10 Å². The van der Waals surface area contributed by atoms with Crippen molar-refractivity contribution in [2.75, 3.05) is 0 Å². The SMILES string of the molecule is C/C(=N\NC(=O)c1ccccc1Cl)c1ccccc1. The molecule has 2 aromatic carbocycles. The highest BCUT2D eigenvalue weighted by atomic mass is 35.5. The molecule has 1 amide bonds. The first-order valence-electron chi connectivity index (χ1n) is 5.83. The van der Waals surface area contributed by atoms with Crippen LogP contribution in [0.25, 0.3) is 0 Å². The Hall–Kier alpha value is -2.13. The second-order valence-corrected chi connectivity index (χ2v) is 4.39. The van der Waals surface area contributed by atoms with Crippen LogP contribution in [0.1, 0.15) is 22.8 Å². The maximum absolute atomic E-state index is 11.9. The van der Waals surface area contributed by atoms with Crippen molar-refractivity contribution in [2.24, 2.45) is 5.10 Å². The first-order valence-corrected chi connectivity index (χ1v) is 6.21. The average Bonchev–Trinajstić information content (AvgIpc) is 2.46. The number of hydrazone groups is 1. The molecule has 0 saturated heterocycles. The van der Waals surface area contributed by atoms with E-state index in [9.17, 15) is 4.79 Å². The number of hydrogen-bond donors (Lipinski definition) is 1. The van der Waals surface area contributed by atoms with Crippen molar-refractivity contribution in [3.8, 4) is 0 Å². The molecule has 4 heteroatoms. The lowest BCUT2D eigenvalue weighted by atomic mass is 10.1. The van der Waals surface area contributed by atoms with E-state index < -0.39 is 0 Å². The first kappa shape index (κ1) is 13.3. The Kier molecular flexibility index (Phi) is 4.31. The molecule has 0 spiro atoms. The number of halogens is 1. The van der Waals surface area contributed by atoms with Crippen LogP contribution in [-0.2, 0) is 0 Å². The molecule has 19 heavy (non-hydrogen) atoms. The van der Waals surface area contributed by atoms with E-state index in [1.54, 1.807) is 24.3 Å². The number of nitrogens with one attached hydrogen (secondary N) is 1. The summed E-state index contributed by atoms with van der Waals surface area (Å²) in [5.41, 5.74) is 4.61. The van der Waals surface area contributed by atoms with Crippen LogP contribution in [0.5, 0.6) is 0 Å². The largest absolute Gasteiger partial charge is 0.272 e. The minimum Gasteiger partial charge on any atom is -0.267 e. The summed E-state index contributed by atoms with van der Waals surface area (Å²) in [5, 5.41) is 4.48. The second kappa shape index (κ2) is 6.16. The van der Waals surface area contributed by atoms with Crippen molar-refractivity contribution in [2.45, 2.75) is 6.92 Å². The third-order valence-electron chi connectivity index (χ3n) is 2.64. The Labute approximate surface area is 116 Å². The molecule has 0 bridgehead atoms. The molecule has 2 rings (SSSR count). The number of benzene rings is 2. The van der Waals surface area contributed by atoms with E-state index in [0.29, 0.717) is 10.6 Å². The number of carbonyl (C=O) groups is 1. The molecule has 0 unspecified atom stereocenters. The van der Waals surface area contributed by atoms with E-state index in [-0.39, 0.29) is 5.91 Å². The summed E-state index contributed by atoms with van der Waals surface area (Å²) in [5.74, 6) is -0.319. The van der Waals surface area contributed by atoms with Crippen LogP contribution in [0, 0.1) is 0 Å². The quantitative estimate of drug-likeness (QED) is 0.674. The van der Waals surface area contributed by atoms with Gasteiger partial charge < -0.3 is 0 Å². The number of amides is 1. The highest BCUT2D eigenvalue weighted by Gasteiger charge is 2.08. The molecule has 0 aliphatic heterocycles. The zero-order chi connectivity index (χ0) is 13.7. The smallest absolute Gasteiger partial charge is 0.267 e. The highest BCUT2D eigenvalue weighted by molar-refractivity contribution is 6.33. The third kappa shape index (κ3) is 3.42. The van der Waals surface area contributed by atoms with E-state index in [0.717, 1.165) is 11.3 Å². The molecule has 0 fully saturated rings. The van der Waals surface area contributed by atoms with Gasteiger partial charge in [0.1, 0.15) is 0 Å². The van der Waals surface area contributed by atoms with Crippen LogP contribution in [0.2, 0.25) is 5.02 Å². The van der Waals surface area contributed by atoms with Crippen molar-refractivity contribution >= 4 is 23.2 Å². The molecule has 3 nitrogen and oxygen atoms in total. The van der Waals surface area contributed by atoms with Gasteiger partial charge in [0.05, 0.1) is 16.3 Å². The predicted octanol–water partition coefficient (Wildman–Crippen LogP) is 3.49. The average molecular weight is 273 g/mol. The summed E-state index contributed by atoms with van der Waals surface area (Å²) in [6.07, 6.45) is 0. The summed E-state index contributed by atoms with van der Waals surface area (Å²) in [6.45, 7) is 1.84. The summed E-state index contributed by atoms with van der Waals surface area (Å²) >= 11 is 5.94. The van der Waals surface area contributed by atoms with E-state index in [4.69, 9.17) is 11.6 Å². The van der Waals surface area contributed by atoms with E-state index in [1.807, 2.05) is 37.3 Å². The summed E-state index contributed by atoms with van der Waals surface area (Å²) in [4.78, 5) is 11.9. The number of rotatable bonds is 3. The monoisotopic (exact) mass is 272 g/mol. The van der Waals surface area contributed by atoms with Crippen LogP contribution >= 0.6 is 11.6 Å². The van der Waals surface area contributed by atoms with Gasteiger partial charge in [-0.1, -0.05) is 54.1 Å². The zero-order valence-electron chi connectivity index (χ0n) is 10.4. The maximum Gasteiger partial charge on any atom is 0.272 e. The van der Waals surface area contributed by atoms with Gasteiger partial charge in [0.25, 0.3) is 5.91 Å². The molecule has 0 aliphatic rings. The molecule has 96 valence electrons. The molecule has 1 N–H and O–H groups in total. The highest BCUT2D eigenvalue weighted by Crippen LogP contribution is 2.14. The Balaban J connectivity index is 2.11.